The lowest BCUT2D eigenvalue weighted by atomic mass is 10.0. The lowest BCUT2D eigenvalue weighted by Gasteiger charge is -2.12. The highest BCUT2D eigenvalue weighted by molar-refractivity contribution is 6.36. The number of benzene rings is 1. The van der Waals surface area contributed by atoms with Gasteiger partial charge >= 0.3 is 0 Å². The van der Waals surface area contributed by atoms with Crippen molar-refractivity contribution in [2.75, 3.05) is 5.32 Å². The minimum Gasteiger partial charge on any atom is -0.400 e. The van der Waals surface area contributed by atoms with Gasteiger partial charge in [-0.1, -0.05) is 29.8 Å². The van der Waals surface area contributed by atoms with Crippen molar-refractivity contribution in [1.29, 1.82) is 5.41 Å². The number of anilines is 1. The molecule has 25 heavy (non-hydrogen) atoms. The van der Waals surface area contributed by atoms with Gasteiger partial charge in [-0.05, 0) is 31.9 Å². The zero-order valence-electron chi connectivity index (χ0n) is 13.8. The monoisotopic (exact) mass is 351 g/mol. The van der Waals surface area contributed by atoms with Gasteiger partial charge in [0.15, 0.2) is 5.84 Å². The van der Waals surface area contributed by atoms with Gasteiger partial charge < -0.3 is 11.1 Å². The van der Waals surface area contributed by atoms with Gasteiger partial charge in [-0.25, -0.2) is 4.99 Å². The second kappa shape index (κ2) is 6.01. The third-order valence-electron chi connectivity index (χ3n) is 4.40. The SMILES string of the molecule is C/C(N)=C1\N=C(c2ccccc2Cl)c2cnc(C3CC3)cc2NC1=N. The van der Waals surface area contributed by atoms with E-state index >= 15 is 0 Å². The highest BCUT2D eigenvalue weighted by atomic mass is 35.5. The fourth-order valence-electron chi connectivity index (χ4n) is 2.93. The third-order valence-corrected chi connectivity index (χ3v) is 4.73. The normalized spacial score (nSPS) is 18.8. The summed E-state index contributed by atoms with van der Waals surface area (Å²) in [4.78, 5) is 9.29. The minimum absolute atomic E-state index is 0.177. The Morgan fingerprint density at radius 2 is 2.04 bits per heavy atom. The molecule has 5 nitrogen and oxygen atoms in total. The molecule has 126 valence electrons. The van der Waals surface area contributed by atoms with E-state index in [0.29, 0.717) is 28.0 Å². The van der Waals surface area contributed by atoms with Crippen LogP contribution in [0.1, 0.15) is 42.5 Å². The van der Waals surface area contributed by atoms with Crippen LogP contribution in [0, 0.1) is 5.41 Å². The number of rotatable bonds is 2. The van der Waals surface area contributed by atoms with Crippen LogP contribution in [0.5, 0.6) is 0 Å². The lowest BCUT2D eigenvalue weighted by Crippen LogP contribution is -2.15. The Bertz CT molecular complexity index is 937. The van der Waals surface area contributed by atoms with E-state index < -0.39 is 0 Å². The summed E-state index contributed by atoms with van der Waals surface area (Å²) in [6.45, 7) is 1.74. The van der Waals surface area contributed by atoms with Crippen molar-refractivity contribution in [2.45, 2.75) is 25.7 Å². The topological polar surface area (TPSA) is 87.2 Å². The number of nitrogens with one attached hydrogen (secondary N) is 2. The number of aromatic nitrogens is 1. The predicted molar refractivity (Wildman–Crippen MR) is 102 cm³/mol. The Hall–Kier alpha value is -2.66. The van der Waals surface area contributed by atoms with Crippen LogP contribution in [0.3, 0.4) is 0 Å². The first-order valence-corrected chi connectivity index (χ1v) is 8.58. The molecule has 1 aliphatic heterocycles. The van der Waals surface area contributed by atoms with Crippen LogP contribution in [0.15, 0.2) is 52.9 Å². The molecule has 1 saturated carbocycles. The Morgan fingerprint density at radius 3 is 2.72 bits per heavy atom. The first-order valence-electron chi connectivity index (χ1n) is 8.21. The smallest absolute Gasteiger partial charge is 0.150 e. The number of hydrogen-bond acceptors (Lipinski definition) is 4. The predicted octanol–water partition coefficient (Wildman–Crippen LogP) is 4.04. The molecule has 1 aromatic carbocycles. The van der Waals surface area contributed by atoms with Crippen LogP contribution in [0.25, 0.3) is 0 Å². The van der Waals surface area contributed by atoms with Gasteiger partial charge in [0.2, 0.25) is 0 Å². The van der Waals surface area contributed by atoms with Crippen molar-refractivity contribution in [3.63, 3.8) is 0 Å². The molecule has 0 radical (unpaired) electrons. The molecular formula is C19H18ClN5. The van der Waals surface area contributed by atoms with Gasteiger partial charge in [0.05, 0.1) is 11.4 Å². The van der Waals surface area contributed by atoms with Gasteiger partial charge in [0.25, 0.3) is 0 Å². The molecule has 4 N–H and O–H groups in total. The minimum atomic E-state index is 0.177. The number of pyridine rings is 1. The number of nitrogens with zero attached hydrogens (tertiary/aromatic N) is 2. The molecule has 0 atom stereocenters. The van der Waals surface area contributed by atoms with Gasteiger partial charge in [-0.3, -0.25) is 10.4 Å². The summed E-state index contributed by atoms with van der Waals surface area (Å²) in [6, 6.07) is 9.55. The highest BCUT2D eigenvalue weighted by Gasteiger charge is 2.28. The molecule has 2 aliphatic rings. The molecule has 0 saturated heterocycles. The molecule has 0 amide bonds. The van der Waals surface area contributed by atoms with Crippen LogP contribution < -0.4 is 11.1 Å². The Kier molecular flexibility index (Phi) is 3.81. The highest BCUT2D eigenvalue weighted by Crippen LogP contribution is 2.40. The summed E-state index contributed by atoms with van der Waals surface area (Å²) in [5, 5.41) is 12.1. The zero-order valence-corrected chi connectivity index (χ0v) is 14.6. The van der Waals surface area contributed by atoms with E-state index in [9.17, 15) is 0 Å². The Balaban J connectivity index is 1.95. The summed E-state index contributed by atoms with van der Waals surface area (Å²) in [5.41, 5.74) is 11.0. The van der Waals surface area contributed by atoms with E-state index in [1.54, 1.807) is 6.92 Å². The van der Waals surface area contributed by atoms with Crippen LogP contribution in [0.2, 0.25) is 5.02 Å². The molecule has 0 spiro atoms. The number of aliphatic imine (C=N–C) groups is 1. The van der Waals surface area contributed by atoms with Crippen LogP contribution in [-0.2, 0) is 0 Å². The van der Waals surface area contributed by atoms with E-state index in [4.69, 9.17) is 22.7 Å². The molecule has 0 bridgehead atoms. The average molecular weight is 352 g/mol. The standard InChI is InChI=1S/C19H18ClN5/c1-10(21)17-19(22)24-16-8-15(11-6-7-11)23-9-13(16)18(25-17)12-4-2-3-5-14(12)20/h2-5,8-9,11H,6-7,21H2,1H3,(H2,22,24)/b17-10+. The van der Waals surface area contributed by atoms with Crippen LogP contribution in [-0.4, -0.2) is 16.5 Å². The summed E-state index contributed by atoms with van der Waals surface area (Å²) in [7, 11) is 0. The van der Waals surface area contributed by atoms with Gasteiger partial charge in [-0.15, -0.1) is 0 Å². The average Bonchev–Trinajstić information content (AvgIpc) is 3.41. The molecule has 4 rings (SSSR count). The maximum atomic E-state index is 8.34. The van der Waals surface area contributed by atoms with Gasteiger partial charge in [-0.2, -0.15) is 0 Å². The Labute approximate surface area is 151 Å². The van der Waals surface area contributed by atoms with E-state index in [1.807, 2.05) is 36.5 Å². The number of nitrogens with two attached hydrogens (primary N) is 1. The summed E-state index contributed by atoms with van der Waals surface area (Å²) in [6.07, 6.45) is 4.16. The first kappa shape index (κ1) is 15.8. The molecule has 2 aromatic rings. The molecule has 0 unspecified atom stereocenters. The molecule has 1 aliphatic carbocycles. The summed E-state index contributed by atoms with van der Waals surface area (Å²) >= 11 is 6.41. The largest absolute Gasteiger partial charge is 0.400 e. The van der Waals surface area contributed by atoms with Crippen LogP contribution in [0.4, 0.5) is 5.69 Å². The van der Waals surface area contributed by atoms with Crippen molar-refractivity contribution >= 4 is 28.8 Å². The van der Waals surface area contributed by atoms with E-state index in [2.05, 4.69) is 15.3 Å². The maximum Gasteiger partial charge on any atom is 0.150 e. The summed E-state index contributed by atoms with van der Waals surface area (Å²) < 4.78 is 0. The quantitative estimate of drug-likeness (QED) is 0.762. The molecule has 1 fully saturated rings. The molecule has 2 heterocycles. The van der Waals surface area contributed by atoms with Crippen molar-refractivity contribution in [3.8, 4) is 0 Å². The van der Waals surface area contributed by atoms with Crippen molar-refractivity contribution in [3.05, 3.63) is 69.8 Å². The van der Waals surface area contributed by atoms with Crippen molar-refractivity contribution in [2.24, 2.45) is 10.7 Å². The number of fused-ring (bicyclic) bond motifs is 1. The number of halogens is 1. The lowest BCUT2D eigenvalue weighted by molar-refractivity contribution is 1.02. The maximum absolute atomic E-state index is 8.34. The van der Waals surface area contributed by atoms with E-state index in [0.717, 1.165) is 22.5 Å². The molecule has 6 heteroatoms. The third kappa shape index (κ3) is 2.91. The fraction of sp³-hybridized carbons (Fsp3) is 0.211. The fourth-order valence-corrected chi connectivity index (χ4v) is 3.16. The number of allylic oxidation sites excluding steroid dienone is 1. The number of amidine groups is 1. The molecular weight excluding hydrogens is 334 g/mol. The van der Waals surface area contributed by atoms with Gasteiger partial charge in [0, 0.05) is 39.7 Å². The van der Waals surface area contributed by atoms with Crippen LogP contribution >= 0.6 is 11.6 Å². The zero-order chi connectivity index (χ0) is 17.6. The second-order valence-electron chi connectivity index (χ2n) is 6.40. The van der Waals surface area contributed by atoms with E-state index in [1.165, 1.54) is 12.8 Å². The van der Waals surface area contributed by atoms with E-state index in [-0.39, 0.29) is 5.84 Å². The molecule has 1 aromatic heterocycles. The van der Waals surface area contributed by atoms with Crippen molar-refractivity contribution < 1.29 is 0 Å². The second-order valence-corrected chi connectivity index (χ2v) is 6.81. The number of hydrogen-bond donors (Lipinski definition) is 3. The first-order chi connectivity index (χ1) is 12.0. The summed E-state index contributed by atoms with van der Waals surface area (Å²) in [5.74, 6) is 0.702. The van der Waals surface area contributed by atoms with Gasteiger partial charge in [0.1, 0.15) is 5.70 Å². The Morgan fingerprint density at radius 1 is 1.28 bits per heavy atom. The van der Waals surface area contributed by atoms with Crippen molar-refractivity contribution in [1.82, 2.24) is 4.98 Å².